The van der Waals surface area contributed by atoms with Crippen molar-refractivity contribution in [1.29, 1.82) is 0 Å². The number of ether oxygens (including phenoxy) is 1. The van der Waals surface area contributed by atoms with E-state index in [1.54, 1.807) is 12.1 Å². The molecule has 5 nitrogen and oxygen atoms in total. The summed E-state index contributed by atoms with van der Waals surface area (Å²) < 4.78 is 5.66. The van der Waals surface area contributed by atoms with Gasteiger partial charge in [0.1, 0.15) is 12.4 Å². The lowest BCUT2D eigenvalue weighted by Gasteiger charge is -2.14. The number of aryl methyl sites for hydroxylation is 2. The molecule has 0 saturated heterocycles. The molecule has 0 aromatic heterocycles. The molecule has 5 heteroatoms. The maximum atomic E-state index is 12.3. The highest BCUT2D eigenvalue weighted by atomic mass is 16.5. The Morgan fingerprint density at radius 2 is 2.04 bits per heavy atom. The van der Waals surface area contributed by atoms with E-state index in [1.807, 2.05) is 44.2 Å². The van der Waals surface area contributed by atoms with Gasteiger partial charge in [-0.05, 0) is 43.2 Å². The fourth-order valence-corrected chi connectivity index (χ4v) is 2.64. The van der Waals surface area contributed by atoms with Crippen LogP contribution in [0.1, 0.15) is 17.5 Å². The fourth-order valence-electron chi connectivity index (χ4n) is 2.64. The minimum absolute atomic E-state index is 0.0766. The molecule has 0 spiro atoms. The summed E-state index contributed by atoms with van der Waals surface area (Å²) in [5.74, 6) is -0.291. The van der Waals surface area contributed by atoms with Gasteiger partial charge in [-0.3, -0.25) is 9.59 Å². The normalized spacial score (nSPS) is 16.4. The third-order valence-electron chi connectivity index (χ3n) is 4.05. The van der Waals surface area contributed by atoms with Crippen LogP contribution in [0.25, 0.3) is 0 Å². The van der Waals surface area contributed by atoms with Gasteiger partial charge in [-0.15, -0.1) is 0 Å². The molecule has 0 radical (unpaired) electrons. The van der Waals surface area contributed by atoms with Crippen molar-refractivity contribution < 1.29 is 14.3 Å². The van der Waals surface area contributed by atoms with Crippen LogP contribution in [0.4, 0.5) is 11.4 Å². The Bertz CT molecular complexity index is 786. The summed E-state index contributed by atoms with van der Waals surface area (Å²) in [5.41, 5.74) is 3.47. The van der Waals surface area contributed by atoms with Crippen molar-refractivity contribution in [3.63, 3.8) is 0 Å². The molecule has 2 N–H and O–H groups in total. The molecule has 24 heavy (non-hydrogen) atoms. The molecule has 0 aliphatic carbocycles. The largest absolute Gasteiger partial charge is 0.491 e. The van der Waals surface area contributed by atoms with Gasteiger partial charge >= 0.3 is 0 Å². The van der Waals surface area contributed by atoms with Crippen molar-refractivity contribution in [2.45, 2.75) is 20.3 Å². The molecule has 0 fully saturated rings. The Hall–Kier alpha value is -2.82. The number of rotatable bonds is 3. The van der Waals surface area contributed by atoms with Gasteiger partial charge in [0.05, 0.1) is 11.6 Å². The first kappa shape index (κ1) is 16.1. The molecule has 0 bridgehead atoms. The summed E-state index contributed by atoms with van der Waals surface area (Å²) in [5, 5.41) is 5.70. The summed E-state index contributed by atoms with van der Waals surface area (Å²) in [4.78, 5) is 24.6. The van der Waals surface area contributed by atoms with Crippen molar-refractivity contribution >= 4 is 23.2 Å². The van der Waals surface area contributed by atoms with Gasteiger partial charge in [-0.1, -0.05) is 24.3 Å². The summed E-state index contributed by atoms with van der Waals surface area (Å²) in [6, 6.07) is 13.1. The van der Waals surface area contributed by atoms with E-state index in [2.05, 4.69) is 10.6 Å². The lowest BCUT2D eigenvalue weighted by Crippen LogP contribution is -2.29. The predicted octanol–water partition coefficient (Wildman–Crippen LogP) is 3.28. The highest BCUT2D eigenvalue weighted by Crippen LogP contribution is 2.28. The molecule has 3 rings (SSSR count). The van der Waals surface area contributed by atoms with Crippen LogP contribution in [0.15, 0.2) is 42.5 Å². The Morgan fingerprint density at radius 3 is 2.88 bits per heavy atom. The second kappa shape index (κ2) is 6.74. The van der Waals surface area contributed by atoms with Gasteiger partial charge in [0.15, 0.2) is 0 Å². The first-order valence-corrected chi connectivity index (χ1v) is 7.93. The van der Waals surface area contributed by atoms with E-state index in [0.717, 1.165) is 16.8 Å². The number of amides is 2. The number of carbonyl (C=O) groups is 2. The molecule has 2 aromatic carbocycles. The average Bonchev–Trinajstić information content (AvgIpc) is 2.70. The van der Waals surface area contributed by atoms with Crippen LogP contribution in [0.3, 0.4) is 0 Å². The van der Waals surface area contributed by atoms with Gasteiger partial charge in [0.25, 0.3) is 0 Å². The zero-order valence-electron chi connectivity index (χ0n) is 13.8. The maximum absolute atomic E-state index is 12.3. The van der Waals surface area contributed by atoms with Crippen LogP contribution in [0, 0.1) is 19.8 Å². The topological polar surface area (TPSA) is 67.4 Å². The monoisotopic (exact) mass is 324 g/mol. The Labute approximate surface area is 141 Å². The fraction of sp³-hybridized carbons (Fsp3) is 0.263. The second-order valence-corrected chi connectivity index (χ2v) is 6.06. The van der Waals surface area contributed by atoms with Gasteiger partial charge in [0, 0.05) is 12.1 Å². The molecular formula is C19H20N2O3. The highest BCUT2D eigenvalue weighted by Gasteiger charge is 2.27. The lowest BCUT2D eigenvalue weighted by molar-refractivity contribution is -0.125. The number of anilines is 2. The third-order valence-corrected chi connectivity index (χ3v) is 4.05. The first-order valence-electron chi connectivity index (χ1n) is 7.93. The molecule has 1 heterocycles. The van der Waals surface area contributed by atoms with E-state index in [9.17, 15) is 9.59 Å². The minimum atomic E-state index is -0.525. The number of carbonyl (C=O) groups excluding carboxylic acids is 2. The Morgan fingerprint density at radius 1 is 1.25 bits per heavy atom. The molecular weight excluding hydrogens is 304 g/mol. The standard InChI is InChI=1S/C19H20N2O3/c1-12-7-8-13(2)16(9-12)20-18(22)10-14-11-24-17-6-4-3-5-15(17)21-19(14)23/h3-9,14H,10-11H2,1-2H3,(H,20,22)(H,21,23). The second-order valence-electron chi connectivity index (χ2n) is 6.06. The van der Waals surface area contributed by atoms with Crippen LogP contribution >= 0.6 is 0 Å². The minimum Gasteiger partial charge on any atom is -0.491 e. The predicted molar refractivity (Wildman–Crippen MR) is 93.2 cm³/mol. The highest BCUT2D eigenvalue weighted by molar-refractivity contribution is 5.99. The van der Waals surface area contributed by atoms with Crippen LogP contribution < -0.4 is 15.4 Å². The van der Waals surface area contributed by atoms with E-state index in [0.29, 0.717) is 11.4 Å². The zero-order chi connectivity index (χ0) is 17.1. The first-order chi connectivity index (χ1) is 11.5. The number of hydrogen-bond acceptors (Lipinski definition) is 3. The molecule has 2 aromatic rings. The van der Waals surface area contributed by atoms with E-state index >= 15 is 0 Å². The van der Waals surface area contributed by atoms with Gasteiger partial charge in [-0.25, -0.2) is 0 Å². The van der Waals surface area contributed by atoms with Crippen LogP contribution in [0.5, 0.6) is 5.75 Å². The van der Waals surface area contributed by atoms with E-state index in [1.165, 1.54) is 0 Å². The van der Waals surface area contributed by atoms with Crippen molar-refractivity contribution in [2.24, 2.45) is 5.92 Å². The van der Waals surface area contributed by atoms with E-state index in [-0.39, 0.29) is 24.8 Å². The maximum Gasteiger partial charge on any atom is 0.231 e. The summed E-state index contributed by atoms with van der Waals surface area (Å²) >= 11 is 0. The molecule has 0 saturated carbocycles. The molecule has 1 unspecified atom stereocenters. The van der Waals surface area contributed by atoms with Crippen molar-refractivity contribution in [1.82, 2.24) is 0 Å². The number of hydrogen-bond donors (Lipinski definition) is 2. The molecule has 2 amide bonds. The van der Waals surface area contributed by atoms with Crippen molar-refractivity contribution in [2.75, 3.05) is 17.2 Å². The molecule has 1 aliphatic rings. The smallest absolute Gasteiger partial charge is 0.231 e. The van der Waals surface area contributed by atoms with Crippen LogP contribution in [-0.2, 0) is 9.59 Å². The van der Waals surface area contributed by atoms with E-state index < -0.39 is 5.92 Å². The quantitative estimate of drug-likeness (QED) is 0.910. The SMILES string of the molecule is Cc1ccc(C)c(NC(=O)CC2COc3ccccc3NC2=O)c1. The number of para-hydroxylation sites is 2. The van der Waals surface area contributed by atoms with Gasteiger partial charge < -0.3 is 15.4 Å². The van der Waals surface area contributed by atoms with Crippen LogP contribution in [-0.4, -0.2) is 18.4 Å². The number of nitrogens with one attached hydrogen (secondary N) is 2. The molecule has 1 atom stereocenters. The number of fused-ring (bicyclic) bond motifs is 1. The lowest BCUT2D eigenvalue weighted by atomic mass is 10.0. The van der Waals surface area contributed by atoms with Crippen LogP contribution in [0.2, 0.25) is 0 Å². The molecule has 124 valence electrons. The third kappa shape index (κ3) is 3.56. The average molecular weight is 324 g/mol. The number of benzene rings is 2. The van der Waals surface area contributed by atoms with E-state index in [4.69, 9.17) is 4.74 Å². The van der Waals surface area contributed by atoms with Gasteiger partial charge in [0.2, 0.25) is 11.8 Å². The summed E-state index contributed by atoms with van der Waals surface area (Å²) in [6.45, 7) is 4.09. The van der Waals surface area contributed by atoms with Crippen molar-refractivity contribution in [3.05, 3.63) is 53.6 Å². The molecule has 1 aliphatic heterocycles. The summed E-state index contributed by atoms with van der Waals surface area (Å²) in [6.07, 6.45) is 0.0766. The Balaban J connectivity index is 1.66. The van der Waals surface area contributed by atoms with Gasteiger partial charge in [-0.2, -0.15) is 0 Å². The Kier molecular flexibility index (Phi) is 4.51. The van der Waals surface area contributed by atoms with Crippen molar-refractivity contribution in [3.8, 4) is 5.75 Å². The summed E-state index contributed by atoms with van der Waals surface area (Å²) in [7, 11) is 0. The zero-order valence-corrected chi connectivity index (χ0v) is 13.8.